The van der Waals surface area contributed by atoms with Crippen LogP contribution in [0.5, 0.6) is 0 Å². The van der Waals surface area contributed by atoms with Gasteiger partial charge >= 0.3 is 0 Å². The summed E-state index contributed by atoms with van der Waals surface area (Å²) in [6.45, 7) is 1.66. The van der Waals surface area contributed by atoms with E-state index in [0.717, 1.165) is 12.1 Å². The smallest absolute Gasteiger partial charge is 0.261 e. The number of morpholine rings is 1. The summed E-state index contributed by atoms with van der Waals surface area (Å²) < 4.78 is 60.1. The highest BCUT2D eigenvalue weighted by molar-refractivity contribution is 7.92. The summed E-state index contributed by atoms with van der Waals surface area (Å²) in [5.41, 5.74) is 0.491. The molecule has 9 heteroatoms. The molecule has 1 fully saturated rings. The summed E-state index contributed by atoms with van der Waals surface area (Å²) in [4.78, 5) is 1.64. The molecule has 0 bridgehead atoms. The number of sulfonamides is 1. The second kappa shape index (κ2) is 7.27. The van der Waals surface area contributed by atoms with Crippen molar-refractivity contribution >= 4 is 21.4 Å². The van der Waals surface area contributed by atoms with Gasteiger partial charge in [-0.25, -0.2) is 17.2 Å². The van der Waals surface area contributed by atoms with Crippen molar-refractivity contribution in [3.8, 4) is 6.07 Å². The Morgan fingerprint density at radius 3 is 2.31 bits per heavy atom. The maximum absolute atomic E-state index is 13.7. The first-order chi connectivity index (χ1) is 12.4. The molecule has 6 nitrogen and oxygen atoms in total. The van der Waals surface area contributed by atoms with Crippen LogP contribution < -0.4 is 9.62 Å². The lowest BCUT2D eigenvalue weighted by atomic mass is 10.2. The van der Waals surface area contributed by atoms with E-state index in [2.05, 4.69) is 4.72 Å². The standard InChI is InChI=1S/C17H15F2N3O3S/c18-14-9-16(17(10-15(14)19)22-5-7-25-8-6-22)21-26(23,24)13-3-1-12(11-20)2-4-13/h1-4,9-10,21H,5-8H2. The van der Waals surface area contributed by atoms with Crippen molar-refractivity contribution in [3.63, 3.8) is 0 Å². The third kappa shape index (κ3) is 3.76. The normalized spacial score (nSPS) is 14.7. The summed E-state index contributed by atoms with van der Waals surface area (Å²) in [5.74, 6) is -2.22. The molecular weight excluding hydrogens is 364 g/mol. The van der Waals surface area contributed by atoms with Gasteiger partial charge in [-0.05, 0) is 24.3 Å². The van der Waals surface area contributed by atoms with Crippen LogP contribution in [0.15, 0.2) is 41.3 Å². The van der Waals surface area contributed by atoms with E-state index in [1.54, 1.807) is 4.90 Å². The van der Waals surface area contributed by atoms with Crippen molar-refractivity contribution in [2.45, 2.75) is 4.90 Å². The van der Waals surface area contributed by atoms with E-state index < -0.39 is 21.7 Å². The van der Waals surface area contributed by atoms with Crippen LogP contribution in [0.25, 0.3) is 0 Å². The lowest BCUT2D eigenvalue weighted by Crippen LogP contribution is -2.37. The highest BCUT2D eigenvalue weighted by Crippen LogP contribution is 2.31. The minimum absolute atomic E-state index is 0.0600. The van der Waals surface area contributed by atoms with Crippen molar-refractivity contribution in [2.75, 3.05) is 35.9 Å². The molecule has 0 radical (unpaired) electrons. The van der Waals surface area contributed by atoms with E-state index >= 15 is 0 Å². The molecule has 0 saturated carbocycles. The summed E-state index contributed by atoms with van der Waals surface area (Å²) >= 11 is 0. The summed E-state index contributed by atoms with van der Waals surface area (Å²) in [7, 11) is -4.04. The fraction of sp³-hybridized carbons (Fsp3) is 0.235. The molecule has 3 rings (SSSR count). The van der Waals surface area contributed by atoms with Gasteiger partial charge < -0.3 is 9.64 Å². The lowest BCUT2D eigenvalue weighted by molar-refractivity contribution is 0.122. The third-order valence-corrected chi connectivity index (χ3v) is 5.31. The van der Waals surface area contributed by atoms with Crippen LogP contribution in [0.2, 0.25) is 0 Å². The molecule has 2 aromatic rings. The number of rotatable bonds is 4. The zero-order valence-electron chi connectivity index (χ0n) is 13.6. The monoisotopic (exact) mass is 379 g/mol. The van der Waals surface area contributed by atoms with Crippen molar-refractivity contribution < 1.29 is 21.9 Å². The quantitative estimate of drug-likeness (QED) is 0.883. The van der Waals surface area contributed by atoms with E-state index in [1.165, 1.54) is 24.3 Å². The van der Waals surface area contributed by atoms with Crippen molar-refractivity contribution in [1.29, 1.82) is 5.26 Å². The Morgan fingerprint density at radius 2 is 1.69 bits per heavy atom. The molecule has 1 aliphatic heterocycles. The van der Waals surface area contributed by atoms with Gasteiger partial charge in [0.1, 0.15) is 0 Å². The molecule has 0 aliphatic carbocycles. The first-order valence-electron chi connectivity index (χ1n) is 7.75. The van der Waals surface area contributed by atoms with Gasteiger partial charge in [-0.3, -0.25) is 4.72 Å². The van der Waals surface area contributed by atoms with Gasteiger partial charge in [0.05, 0.1) is 41.1 Å². The van der Waals surface area contributed by atoms with E-state index in [0.29, 0.717) is 31.9 Å². The lowest BCUT2D eigenvalue weighted by Gasteiger charge is -2.30. The fourth-order valence-corrected chi connectivity index (χ4v) is 3.66. The first-order valence-corrected chi connectivity index (χ1v) is 9.24. The van der Waals surface area contributed by atoms with Gasteiger partial charge in [0.2, 0.25) is 0 Å². The molecule has 136 valence electrons. The van der Waals surface area contributed by atoms with Crippen LogP contribution in [-0.4, -0.2) is 34.7 Å². The average molecular weight is 379 g/mol. The topological polar surface area (TPSA) is 82.4 Å². The van der Waals surface area contributed by atoms with Gasteiger partial charge in [0, 0.05) is 25.2 Å². The maximum Gasteiger partial charge on any atom is 0.261 e. The summed E-state index contributed by atoms with van der Waals surface area (Å²) in [6.07, 6.45) is 0. The molecule has 26 heavy (non-hydrogen) atoms. The van der Waals surface area contributed by atoms with Crippen LogP contribution in [0.3, 0.4) is 0 Å². The molecule has 0 unspecified atom stereocenters. The zero-order chi connectivity index (χ0) is 18.7. The number of nitrogens with zero attached hydrogens (tertiary/aromatic N) is 2. The molecule has 1 aliphatic rings. The predicted octanol–water partition coefficient (Wildman–Crippen LogP) is 2.47. The SMILES string of the molecule is N#Cc1ccc(S(=O)(=O)Nc2cc(F)c(F)cc2N2CCOCC2)cc1. The Bertz CT molecular complexity index is 950. The van der Waals surface area contributed by atoms with Crippen molar-refractivity contribution in [1.82, 2.24) is 0 Å². The minimum Gasteiger partial charge on any atom is -0.378 e. The van der Waals surface area contributed by atoms with Crippen LogP contribution in [0.1, 0.15) is 5.56 Å². The van der Waals surface area contributed by atoms with Crippen LogP contribution in [-0.2, 0) is 14.8 Å². The number of benzene rings is 2. The van der Waals surface area contributed by atoms with Gasteiger partial charge in [-0.1, -0.05) is 0 Å². The Labute approximate surface area is 149 Å². The van der Waals surface area contributed by atoms with Crippen molar-refractivity contribution in [3.05, 3.63) is 53.6 Å². The Hall–Kier alpha value is -2.70. The fourth-order valence-electron chi connectivity index (χ4n) is 2.60. The van der Waals surface area contributed by atoms with Crippen LogP contribution in [0.4, 0.5) is 20.2 Å². The second-order valence-electron chi connectivity index (χ2n) is 5.62. The number of hydrogen-bond donors (Lipinski definition) is 1. The molecule has 1 heterocycles. The molecule has 0 aromatic heterocycles. The number of anilines is 2. The molecule has 2 aromatic carbocycles. The Morgan fingerprint density at radius 1 is 1.08 bits per heavy atom. The van der Waals surface area contributed by atoms with Gasteiger partial charge in [0.25, 0.3) is 10.0 Å². The average Bonchev–Trinajstić information content (AvgIpc) is 2.65. The third-order valence-electron chi connectivity index (χ3n) is 3.93. The summed E-state index contributed by atoms with van der Waals surface area (Å²) in [6, 6.07) is 8.96. The van der Waals surface area contributed by atoms with Gasteiger partial charge in [0.15, 0.2) is 11.6 Å². The van der Waals surface area contributed by atoms with E-state index in [-0.39, 0.29) is 16.3 Å². The largest absolute Gasteiger partial charge is 0.378 e. The molecular formula is C17H15F2N3O3S. The van der Waals surface area contributed by atoms with E-state index in [9.17, 15) is 17.2 Å². The van der Waals surface area contributed by atoms with Crippen LogP contribution >= 0.6 is 0 Å². The van der Waals surface area contributed by atoms with E-state index in [1.807, 2.05) is 6.07 Å². The van der Waals surface area contributed by atoms with Gasteiger partial charge in [-0.15, -0.1) is 0 Å². The second-order valence-corrected chi connectivity index (χ2v) is 7.31. The summed E-state index contributed by atoms with van der Waals surface area (Å²) in [5, 5.41) is 8.80. The number of nitrogens with one attached hydrogen (secondary N) is 1. The molecule has 0 amide bonds. The Kier molecular flexibility index (Phi) is 5.06. The van der Waals surface area contributed by atoms with Crippen molar-refractivity contribution in [2.24, 2.45) is 0 Å². The highest BCUT2D eigenvalue weighted by atomic mass is 32.2. The first kappa shape index (κ1) is 18.1. The maximum atomic E-state index is 13.7. The predicted molar refractivity (Wildman–Crippen MR) is 91.4 cm³/mol. The number of ether oxygens (including phenoxy) is 1. The number of hydrogen-bond acceptors (Lipinski definition) is 5. The zero-order valence-corrected chi connectivity index (χ0v) is 14.4. The molecule has 1 N–H and O–H groups in total. The number of nitriles is 1. The number of halogens is 2. The Balaban J connectivity index is 1.97. The minimum atomic E-state index is -4.04. The van der Waals surface area contributed by atoms with Crippen LogP contribution in [0, 0.1) is 23.0 Å². The molecule has 1 saturated heterocycles. The molecule has 0 atom stereocenters. The highest BCUT2D eigenvalue weighted by Gasteiger charge is 2.22. The van der Waals surface area contributed by atoms with Gasteiger partial charge in [-0.2, -0.15) is 5.26 Å². The molecule has 0 spiro atoms. The van der Waals surface area contributed by atoms with E-state index in [4.69, 9.17) is 10.00 Å².